The highest BCUT2D eigenvalue weighted by atomic mass is 16.3. The van der Waals surface area contributed by atoms with Crippen LogP contribution in [-0.2, 0) is 5.41 Å². The van der Waals surface area contributed by atoms with Crippen molar-refractivity contribution < 1.29 is 8.83 Å². The number of fused-ring (bicyclic) bond motifs is 21. The molecule has 0 fully saturated rings. The van der Waals surface area contributed by atoms with Crippen LogP contribution in [0.15, 0.2) is 518 Å². The number of hydrogen-bond acceptors (Lipinski definition) is 4. The van der Waals surface area contributed by atoms with Gasteiger partial charge in [-0.3, -0.25) is 0 Å². The Labute approximate surface area is 825 Å². The molecule has 0 amide bonds. The van der Waals surface area contributed by atoms with Crippen LogP contribution in [0.4, 0.5) is 34.1 Å². The Bertz CT molecular complexity index is 9800. The highest BCUT2D eigenvalue weighted by molar-refractivity contribution is 6.15. The maximum absolute atomic E-state index is 6.19. The zero-order chi connectivity index (χ0) is 94.5. The molecule has 29 rings (SSSR count). The zero-order valence-corrected chi connectivity index (χ0v) is 78.5. The van der Waals surface area contributed by atoms with Gasteiger partial charge in [0.15, 0.2) is 0 Å². The Balaban J connectivity index is 0.000000140. The molecule has 8 heteroatoms. The van der Waals surface area contributed by atoms with E-state index in [0.29, 0.717) is 0 Å². The Morgan fingerprint density at radius 3 is 0.776 bits per heavy atom. The summed E-state index contributed by atoms with van der Waals surface area (Å²) in [5, 5.41) is 14.6. The lowest BCUT2D eigenvalue weighted by Gasteiger charge is -2.28. The van der Waals surface area contributed by atoms with Crippen molar-refractivity contribution in [2.24, 2.45) is 0 Å². The largest absolute Gasteiger partial charge is 0.456 e. The second-order valence-corrected chi connectivity index (χ2v) is 38.2. The number of anilines is 6. The molecule has 22 aromatic carbocycles. The van der Waals surface area contributed by atoms with Crippen LogP contribution in [0.1, 0.15) is 25.0 Å². The predicted molar refractivity (Wildman–Crippen MR) is 599 cm³/mol. The van der Waals surface area contributed by atoms with Crippen LogP contribution in [0.5, 0.6) is 0 Å². The minimum atomic E-state index is -0.258. The van der Waals surface area contributed by atoms with Crippen molar-refractivity contribution in [2.75, 3.05) is 9.80 Å². The summed E-state index contributed by atoms with van der Waals surface area (Å²) in [6, 6.07) is 185. The Hall–Kier alpha value is -18.8. The van der Waals surface area contributed by atoms with Gasteiger partial charge in [-0.1, -0.05) is 317 Å². The number of hydrogen-bond donors (Lipinski definition) is 0. The highest BCUT2D eigenvalue weighted by Gasteiger charge is 2.37. The third-order valence-electron chi connectivity index (χ3n) is 29.9. The van der Waals surface area contributed by atoms with Gasteiger partial charge in [-0.15, -0.1) is 0 Å². The Morgan fingerprint density at radius 1 is 0.161 bits per heavy atom. The highest BCUT2D eigenvalue weighted by Crippen LogP contribution is 2.53. The van der Waals surface area contributed by atoms with Crippen LogP contribution in [0.3, 0.4) is 0 Å². The van der Waals surface area contributed by atoms with Gasteiger partial charge in [-0.05, 0) is 284 Å². The standard InChI is InChI=1S/C69H47N3O.C66H43N3O/c1-69(2)61-42-51(34-37-53(61)54-38-35-52(43-62(54)69)72-64-21-11-6-16-55(64)56-17-7-12-22-65(56)72)70(49-30-24-44(25-31-49)46-29-39-68-60(40-46)59-19-9-13-23-67(59)73-68)50-32-26-45(27-33-50)47-28-36-58-57-18-8-10-20-63(57)71(66(58)41-47)48-14-4-3-5-15-48;1-2-12-50(13-3-1)69-63-20-10-6-16-57(63)58-40-30-49(43-64(58)69)46-24-22-44(23-25-46)45-26-32-51(33-27-45)67(52-34-28-47(29-35-52)48-31-41-66-60(42-48)59-17-7-11-21-65(59)70-66)53-36-38-54(39-37-53)68-61-18-8-4-14-55(61)56-15-5-9-19-62(56)68/h3-43H,1-2H3;1-43H. The van der Waals surface area contributed by atoms with Crippen molar-refractivity contribution in [3.05, 3.63) is 521 Å². The fourth-order valence-electron chi connectivity index (χ4n) is 22.9. The lowest BCUT2D eigenvalue weighted by Crippen LogP contribution is -2.17. The summed E-state index contributed by atoms with van der Waals surface area (Å²) in [5.74, 6) is 0. The molecular formula is C135H90N6O2. The lowest BCUT2D eigenvalue weighted by molar-refractivity contribution is 0.660. The average Bonchev–Trinajstić information content (AvgIpc) is 1.56. The van der Waals surface area contributed by atoms with Crippen LogP contribution >= 0.6 is 0 Å². The Kier molecular flexibility index (Phi) is 19.2. The lowest BCUT2D eigenvalue weighted by atomic mass is 9.82. The fraction of sp³-hybridized carbons (Fsp3) is 0.0222. The van der Waals surface area contributed by atoms with Crippen LogP contribution in [0, 0.1) is 0 Å². The first kappa shape index (κ1) is 82.5. The number of para-hydroxylation sites is 10. The van der Waals surface area contributed by atoms with Crippen molar-refractivity contribution in [3.63, 3.8) is 0 Å². The summed E-state index contributed by atoms with van der Waals surface area (Å²) in [6.45, 7) is 4.78. The van der Waals surface area contributed by atoms with Crippen molar-refractivity contribution in [1.29, 1.82) is 0 Å². The molecule has 0 spiro atoms. The molecule has 6 heterocycles. The number of furan rings is 2. The smallest absolute Gasteiger partial charge is 0.135 e. The number of nitrogens with zero attached hydrogens (tertiary/aromatic N) is 6. The molecule has 8 nitrogen and oxygen atoms in total. The van der Waals surface area contributed by atoms with E-state index >= 15 is 0 Å². The quantitative estimate of drug-likeness (QED) is 0.103. The first-order valence-electron chi connectivity index (χ1n) is 49.1. The first-order chi connectivity index (χ1) is 70.6. The number of aromatic nitrogens is 4. The summed E-state index contributed by atoms with van der Waals surface area (Å²) in [5.41, 5.74) is 41.0. The van der Waals surface area contributed by atoms with Crippen molar-refractivity contribution in [2.45, 2.75) is 19.3 Å². The molecule has 0 saturated heterocycles. The third-order valence-corrected chi connectivity index (χ3v) is 29.9. The maximum atomic E-state index is 6.19. The summed E-state index contributed by atoms with van der Waals surface area (Å²) in [7, 11) is 0. The zero-order valence-electron chi connectivity index (χ0n) is 78.5. The Morgan fingerprint density at radius 2 is 0.399 bits per heavy atom. The van der Waals surface area contributed by atoms with Gasteiger partial charge in [0.25, 0.3) is 0 Å². The number of rotatable bonds is 15. The molecule has 0 bridgehead atoms. The normalized spacial score (nSPS) is 12.3. The van der Waals surface area contributed by atoms with Crippen LogP contribution < -0.4 is 9.80 Å². The maximum Gasteiger partial charge on any atom is 0.135 e. The molecule has 0 atom stereocenters. The van der Waals surface area contributed by atoms with E-state index in [1.807, 2.05) is 24.3 Å². The minimum absolute atomic E-state index is 0.258. The van der Waals surface area contributed by atoms with E-state index in [2.05, 4.69) is 527 Å². The van der Waals surface area contributed by atoms with E-state index in [9.17, 15) is 0 Å². The summed E-state index contributed by atoms with van der Waals surface area (Å²) < 4.78 is 21.9. The summed E-state index contributed by atoms with van der Waals surface area (Å²) in [6.07, 6.45) is 0. The van der Waals surface area contributed by atoms with Gasteiger partial charge in [0.05, 0.1) is 44.1 Å². The van der Waals surface area contributed by atoms with Crippen molar-refractivity contribution >= 4 is 165 Å². The van der Waals surface area contributed by atoms with Crippen molar-refractivity contribution in [3.8, 4) is 89.5 Å². The molecule has 1 aliphatic rings. The second kappa shape index (κ2) is 33.3. The SMILES string of the molecule is CC1(C)c2cc(N(c3ccc(-c4ccc5oc6ccccc6c5c4)cc3)c3ccc(-c4ccc5c6ccccc6n(-c6ccccc6)c5c4)cc3)ccc2-c2ccc(-n3c4ccccc4c4ccccc43)cc21.c1ccc(-n2c3ccccc3c3ccc(-c4ccc(-c5ccc(N(c6ccc(-c7ccc8oc9ccccc9c8c7)cc6)c6ccc(-n7c8ccccc8c8ccccc87)cc6)cc5)cc4)cc32)cc1. The summed E-state index contributed by atoms with van der Waals surface area (Å²) >= 11 is 0. The first-order valence-corrected chi connectivity index (χ1v) is 49.1. The van der Waals surface area contributed by atoms with Crippen molar-refractivity contribution in [1.82, 2.24) is 18.3 Å². The van der Waals surface area contributed by atoms with E-state index in [-0.39, 0.29) is 5.41 Å². The molecule has 0 aliphatic heterocycles. The van der Waals surface area contributed by atoms with E-state index in [1.165, 1.54) is 137 Å². The van der Waals surface area contributed by atoms with Gasteiger partial charge in [-0.25, -0.2) is 0 Å². The predicted octanol–water partition coefficient (Wildman–Crippen LogP) is 37.1. The van der Waals surface area contributed by atoms with Crippen LogP contribution in [0.2, 0.25) is 0 Å². The fourth-order valence-corrected chi connectivity index (χ4v) is 22.9. The van der Waals surface area contributed by atoms with E-state index in [4.69, 9.17) is 8.83 Å². The third kappa shape index (κ3) is 13.7. The second-order valence-electron chi connectivity index (χ2n) is 38.2. The minimum Gasteiger partial charge on any atom is -0.456 e. The molecule has 0 radical (unpaired) electrons. The molecule has 0 unspecified atom stereocenters. The molecule has 0 saturated carbocycles. The van der Waals surface area contributed by atoms with E-state index in [1.54, 1.807) is 0 Å². The molecular weight excluding hydrogens is 1740 g/mol. The van der Waals surface area contributed by atoms with Gasteiger partial charge >= 0.3 is 0 Å². The van der Waals surface area contributed by atoms with E-state index < -0.39 is 0 Å². The average molecular weight is 1830 g/mol. The van der Waals surface area contributed by atoms with Crippen LogP contribution in [-0.4, -0.2) is 18.3 Å². The van der Waals surface area contributed by atoms with Crippen LogP contribution in [0.25, 0.3) is 221 Å². The molecule has 6 aromatic heterocycles. The van der Waals surface area contributed by atoms with Gasteiger partial charge in [0, 0.05) is 127 Å². The van der Waals surface area contributed by atoms with E-state index in [0.717, 1.165) is 128 Å². The molecule has 672 valence electrons. The van der Waals surface area contributed by atoms with Gasteiger partial charge in [0.1, 0.15) is 22.3 Å². The van der Waals surface area contributed by atoms with Gasteiger partial charge < -0.3 is 36.9 Å². The molecule has 1 aliphatic carbocycles. The molecule has 28 aromatic rings. The number of benzene rings is 22. The molecule has 0 N–H and O–H groups in total. The monoisotopic (exact) mass is 1830 g/mol. The topological polar surface area (TPSA) is 52.5 Å². The summed E-state index contributed by atoms with van der Waals surface area (Å²) in [4.78, 5) is 4.77. The molecule has 143 heavy (non-hydrogen) atoms. The van der Waals surface area contributed by atoms with Gasteiger partial charge in [-0.2, -0.15) is 0 Å². The van der Waals surface area contributed by atoms with Gasteiger partial charge in [0.2, 0.25) is 0 Å².